The van der Waals surface area contributed by atoms with Crippen molar-refractivity contribution in [2.75, 3.05) is 25.2 Å². The molecule has 8 heteroatoms. The Morgan fingerprint density at radius 3 is 2.32 bits per heavy atom. The molecular weight excluding hydrogens is 473 g/mol. The van der Waals surface area contributed by atoms with Crippen LogP contribution in [0.3, 0.4) is 0 Å². The van der Waals surface area contributed by atoms with E-state index in [1.807, 2.05) is 48.5 Å². The zero-order valence-corrected chi connectivity index (χ0v) is 20.0. The number of methoxy groups -OCH3 is 1. The van der Waals surface area contributed by atoms with Crippen LogP contribution in [0.2, 0.25) is 0 Å². The lowest BCUT2D eigenvalue weighted by atomic mass is 10.2. The molecule has 1 aliphatic heterocycles. The van der Waals surface area contributed by atoms with Gasteiger partial charge in [0.15, 0.2) is 15.8 Å². The molecule has 0 saturated carbocycles. The van der Waals surface area contributed by atoms with Crippen molar-refractivity contribution in [3.05, 3.63) is 89.1 Å². The third-order valence-corrected chi connectivity index (χ3v) is 6.24. The molecule has 0 unspecified atom stereocenters. The summed E-state index contributed by atoms with van der Waals surface area (Å²) in [6, 6.07) is 20.7. The van der Waals surface area contributed by atoms with Gasteiger partial charge in [0, 0.05) is 6.42 Å². The Hall–Kier alpha value is -3.36. The van der Waals surface area contributed by atoms with Gasteiger partial charge < -0.3 is 14.2 Å². The highest BCUT2D eigenvalue weighted by Gasteiger charge is 2.33. The maximum absolute atomic E-state index is 13.2. The average Bonchev–Trinajstić information content (AvgIpc) is 3.13. The van der Waals surface area contributed by atoms with Gasteiger partial charge in [-0.3, -0.25) is 9.69 Å². The predicted molar refractivity (Wildman–Crippen MR) is 137 cm³/mol. The molecule has 1 aliphatic rings. The monoisotopic (exact) mass is 495 g/mol. The van der Waals surface area contributed by atoms with Crippen molar-refractivity contribution in [1.82, 2.24) is 0 Å². The van der Waals surface area contributed by atoms with E-state index in [-0.39, 0.29) is 11.7 Å². The number of anilines is 1. The molecule has 1 saturated heterocycles. The number of hydrogen-bond donors (Lipinski definition) is 0. The first-order valence-corrected chi connectivity index (χ1v) is 11.8. The van der Waals surface area contributed by atoms with Crippen LogP contribution in [0.1, 0.15) is 12.0 Å². The molecule has 0 spiro atoms. The molecule has 5 nitrogen and oxygen atoms in total. The van der Waals surface area contributed by atoms with Gasteiger partial charge in [0.2, 0.25) is 0 Å². The summed E-state index contributed by atoms with van der Waals surface area (Å²) in [5.41, 5.74) is 1.40. The number of carbonyl (C=O) groups excluding carboxylic acids is 1. The van der Waals surface area contributed by atoms with Crippen molar-refractivity contribution < 1.29 is 23.4 Å². The number of ether oxygens (including phenoxy) is 3. The van der Waals surface area contributed by atoms with Crippen LogP contribution in [0.4, 0.5) is 10.1 Å². The first kappa shape index (κ1) is 23.8. The van der Waals surface area contributed by atoms with E-state index in [2.05, 4.69) is 0 Å². The Balaban J connectivity index is 1.29. The van der Waals surface area contributed by atoms with Crippen LogP contribution in [0.15, 0.2) is 77.7 Å². The minimum Gasteiger partial charge on any atom is -0.493 e. The molecule has 3 aromatic carbocycles. The summed E-state index contributed by atoms with van der Waals surface area (Å²) in [7, 11) is 1.61. The number of carbonyl (C=O) groups is 1. The maximum atomic E-state index is 13.2. The summed E-state index contributed by atoms with van der Waals surface area (Å²) in [6.45, 7) is 1.01. The maximum Gasteiger partial charge on any atom is 0.270 e. The van der Waals surface area contributed by atoms with Crippen LogP contribution in [0.5, 0.6) is 17.2 Å². The van der Waals surface area contributed by atoms with Crippen molar-refractivity contribution in [1.29, 1.82) is 0 Å². The Morgan fingerprint density at radius 2 is 1.62 bits per heavy atom. The molecule has 1 heterocycles. The van der Waals surface area contributed by atoms with E-state index < -0.39 is 0 Å². The van der Waals surface area contributed by atoms with E-state index in [1.165, 1.54) is 40.9 Å². The molecule has 1 amide bonds. The van der Waals surface area contributed by atoms with Crippen molar-refractivity contribution in [3.8, 4) is 17.2 Å². The quantitative estimate of drug-likeness (QED) is 0.203. The molecule has 4 rings (SSSR count). The SMILES string of the molecule is COc1ccccc1OCCCOc1ccc(/C=C2\SC(=S)N(c3ccc(F)cc3)C2=O)cc1. The van der Waals surface area contributed by atoms with Crippen LogP contribution in [0.25, 0.3) is 6.08 Å². The summed E-state index contributed by atoms with van der Waals surface area (Å²) >= 11 is 6.58. The Labute approximate surface area is 207 Å². The number of para-hydroxylation sites is 2. The second-order valence-electron chi connectivity index (χ2n) is 7.26. The largest absolute Gasteiger partial charge is 0.493 e. The summed E-state index contributed by atoms with van der Waals surface area (Å²) in [5, 5.41) is 0. The molecule has 0 radical (unpaired) electrons. The highest BCUT2D eigenvalue weighted by atomic mass is 32.2. The number of thiocarbonyl (C=S) groups is 1. The highest BCUT2D eigenvalue weighted by molar-refractivity contribution is 8.27. The topological polar surface area (TPSA) is 48.0 Å². The zero-order valence-electron chi connectivity index (χ0n) is 18.4. The van der Waals surface area contributed by atoms with Gasteiger partial charge >= 0.3 is 0 Å². The Bertz CT molecular complexity index is 1200. The number of thioether (sulfide) groups is 1. The van der Waals surface area contributed by atoms with E-state index >= 15 is 0 Å². The second kappa shape index (κ2) is 11.2. The van der Waals surface area contributed by atoms with E-state index in [9.17, 15) is 9.18 Å². The number of amides is 1. The third kappa shape index (κ3) is 5.76. The zero-order chi connectivity index (χ0) is 23.9. The number of rotatable bonds is 9. The van der Waals surface area contributed by atoms with Gasteiger partial charge in [-0.25, -0.2) is 4.39 Å². The number of hydrogen-bond acceptors (Lipinski definition) is 6. The minimum absolute atomic E-state index is 0.225. The van der Waals surface area contributed by atoms with Crippen molar-refractivity contribution >= 4 is 46.0 Å². The lowest BCUT2D eigenvalue weighted by Gasteiger charge is -2.14. The van der Waals surface area contributed by atoms with Crippen LogP contribution in [-0.2, 0) is 4.79 Å². The van der Waals surface area contributed by atoms with Crippen LogP contribution < -0.4 is 19.1 Å². The molecule has 0 N–H and O–H groups in total. The fourth-order valence-corrected chi connectivity index (χ4v) is 4.56. The van der Waals surface area contributed by atoms with Gasteiger partial charge in [-0.2, -0.15) is 0 Å². The smallest absolute Gasteiger partial charge is 0.270 e. The molecular formula is C26H22FNO4S2. The van der Waals surface area contributed by atoms with Crippen LogP contribution in [0, 0.1) is 5.82 Å². The average molecular weight is 496 g/mol. The molecule has 34 heavy (non-hydrogen) atoms. The lowest BCUT2D eigenvalue weighted by Crippen LogP contribution is -2.27. The first-order valence-electron chi connectivity index (χ1n) is 10.6. The van der Waals surface area contributed by atoms with Gasteiger partial charge in [-0.15, -0.1) is 0 Å². The van der Waals surface area contributed by atoms with Gasteiger partial charge in [-0.05, 0) is 60.2 Å². The van der Waals surface area contributed by atoms with E-state index in [1.54, 1.807) is 13.2 Å². The predicted octanol–water partition coefficient (Wildman–Crippen LogP) is 6.09. The van der Waals surface area contributed by atoms with Gasteiger partial charge in [0.25, 0.3) is 5.91 Å². The first-order chi connectivity index (χ1) is 16.5. The van der Waals surface area contributed by atoms with E-state index in [0.29, 0.717) is 46.0 Å². The van der Waals surface area contributed by atoms with Crippen LogP contribution in [-0.4, -0.2) is 30.6 Å². The number of benzene rings is 3. The third-order valence-electron chi connectivity index (χ3n) is 4.94. The summed E-state index contributed by atoms with van der Waals surface area (Å²) in [4.78, 5) is 14.8. The van der Waals surface area contributed by atoms with Crippen LogP contribution >= 0.6 is 24.0 Å². The standard InChI is InChI=1S/C26H22FNO4S2/c1-30-22-5-2-3-6-23(22)32-16-4-15-31-21-13-7-18(8-14-21)17-24-25(29)28(26(33)34-24)20-11-9-19(27)10-12-20/h2-3,5-14,17H,4,15-16H2,1H3/b24-17-. The van der Waals surface area contributed by atoms with Gasteiger partial charge in [0.05, 0.1) is 30.9 Å². The van der Waals surface area contributed by atoms with Gasteiger partial charge in [-0.1, -0.05) is 48.2 Å². The van der Waals surface area contributed by atoms with Crippen molar-refractivity contribution in [2.24, 2.45) is 0 Å². The molecule has 174 valence electrons. The molecule has 0 atom stereocenters. The van der Waals surface area contributed by atoms with E-state index in [4.69, 9.17) is 26.4 Å². The van der Waals surface area contributed by atoms with Gasteiger partial charge in [0.1, 0.15) is 11.6 Å². The fraction of sp³-hybridized carbons (Fsp3) is 0.154. The number of nitrogens with zero attached hydrogens (tertiary/aromatic N) is 1. The molecule has 0 bridgehead atoms. The normalized spacial score (nSPS) is 14.5. The Morgan fingerprint density at radius 1 is 0.941 bits per heavy atom. The summed E-state index contributed by atoms with van der Waals surface area (Å²) in [6.07, 6.45) is 2.50. The second-order valence-corrected chi connectivity index (χ2v) is 8.94. The molecule has 1 fully saturated rings. The summed E-state index contributed by atoms with van der Waals surface area (Å²) < 4.78 is 30.4. The number of halogens is 1. The van der Waals surface area contributed by atoms with Crippen molar-refractivity contribution in [3.63, 3.8) is 0 Å². The minimum atomic E-state index is -0.365. The highest BCUT2D eigenvalue weighted by Crippen LogP contribution is 2.36. The molecule has 0 aromatic heterocycles. The van der Waals surface area contributed by atoms with Crippen molar-refractivity contribution in [2.45, 2.75) is 6.42 Å². The Kier molecular flexibility index (Phi) is 7.82. The molecule has 3 aromatic rings. The summed E-state index contributed by atoms with van der Waals surface area (Å²) in [5.74, 6) is 1.55. The fourth-order valence-electron chi connectivity index (χ4n) is 3.26. The molecule has 0 aliphatic carbocycles. The van der Waals surface area contributed by atoms with E-state index in [0.717, 1.165) is 11.3 Å². The lowest BCUT2D eigenvalue weighted by molar-refractivity contribution is -0.113.